The normalized spacial score (nSPS) is 29.9. The molecule has 4 aliphatic carbocycles. The van der Waals surface area contributed by atoms with Gasteiger partial charge in [-0.25, -0.2) is 4.68 Å². The van der Waals surface area contributed by atoms with Crippen LogP contribution in [0.2, 0.25) is 0 Å². The highest BCUT2D eigenvalue weighted by atomic mass is 16.5. The van der Waals surface area contributed by atoms with Gasteiger partial charge in [-0.3, -0.25) is 4.79 Å². The van der Waals surface area contributed by atoms with Gasteiger partial charge in [0.05, 0.1) is 23.8 Å². The fraction of sp³-hybridized carbons (Fsp3) is 0.692. The number of aryl methyl sites for hydroxylation is 1. The van der Waals surface area contributed by atoms with Crippen molar-refractivity contribution in [2.24, 2.45) is 23.7 Å². The van der Waals surface area contributed by atoms with Crippen LogP contribution >= 0.6 is 0 Å². The maximum absolute atomic E-state index is 13.5. The average molecular weight is 484 g/mol. The number of aliphatic hydroxyl groups is 1. The van der Waals surface area contributed by atoms with Crippen molar-refractivity contribution in [3.8, 4) is 5.88 Å². The van der Waals surface area contributed by atoms with E-state index >= 15 is 0 Å². The Balaban J connectivity index is 1.36. The van der Waals surface area contributed by atoms with Crippen molar-refractivity contribution in [3.63, 3.8) is 0 Å². The molecule has 35 heavy (non-hydrogen) atoms. The summed E-state index contributed by atoms with van der Waals surface area (Å²) in [5.74, 6) is 2.83. The lowest BCUT2D eigenvalue weighted by Crippen LogP contribution is -2.61. The standard InChI is InChI=1S/C26H37N5O4/c1-15(2)14-34-23-20(13-27-31(23)7-6-25(4,5)24-30-29-16(3)35-24)22(32)28-21-18-8-17-9-19(21)12-26(33,10-17)11-18/h6-7,13,15,17-19,21,33H,8-12,14H2,1-5H3,(H,28,32)/b7-6+/t17?,18?,19?,21-,26-. The first-order valence-corrected chi connectivity index (χ1v) is 12.8. The molecule has 2 atom stereocenters. The summed E-state index contributed by atoms with van der Waals surface area (Å²) >= 11 is 0. The predicted molar refractivity (Wildman–Crippen MR) is 130 cm³/mol. The molecule has 0 aliphatic heterocycles. The molecule has 0 radical (unpaired) electrons. The summed E-state index contributed by atoms with van der Waals surface area (Å²) in [6, 6.07) is 0.0934. The smallest absolute Gasteiger partial charge is 0.258 e. The maximum Gasteiger partial charge on any atom is 0.258 e. The molecule has 1 amide bonds. The molecule has 2 heterocycles. The van der Waals surface area contributed by atoms with Gasteiger partial charge in [-0.05, 0) is 69.6 Å². The van der Waals surface area contributed by atoms with Crippen LogP contribution in [0.3, 0.4) is 0 Å². The Kier molecular flexibility index (Phi) is 6.02. The minimum atomic E-state index is -0.525. The quantitative estimate of drug-likeness (QED) is 0.588. The van der Waals surface area contributed by atoms with E-state index < -0.39 is 11.0 Å². The first kappa shape index (κ1) is 24.0. The number of hydrogen-bond acceptors (Lipinski definition) is 7. The maximum atomic E-state index is 13.5. The Morgan fingerprint density at radius 1 is 1.31 bits per heavy atom. The van der Waals surface area contributed by atoms with E-state index in [1.807, 2.05) is 19.9 Å². The molecule has 190 valence electrons. The third-order valence-corrected chi connectivity index (χ3v) is 7.80. The summed E-state index contributed by atoms with van der Waals surface area (Å²) in [5, 5.41) is 26.7. The molecule has 0 aromatic carbocycles. The van der Waals surface area contributed by atoms with Crippen molar-refractivity contribution < 1.29 is 19.1 Å². The van der Waals surface area contributed by atoms with E-state index in [-0.39, 0.29) is 11.9 Å². The van der Waals surface area contributed by atoms with Crippen LogP contribution in [-0.2, 0) is 5.41 Å². The van der Waals surface area contributed by atoms with Crippen LogP contribution in [0.4, 0.5) is 0 Å². The molecule has 6 rings (SSSR count). The molecule has 2 aromatic heterocycles. The number of carbonyl (C=O) groups is 1. The fourth-order valence-corrected chi connectivity index (χ4v) is 6.33. The largest absolute Gasteiger partial charge is 0.477 e. The molecule has 4 aliphatic rings. The molecular formula is C26H37N5O4. The third-order valence-electron chi connectivity index (χ3n) is 7.80. The highest BCUT2D eigenvalue weighted by Crippen LogP contribution is 2.55. The zero-order valence-electron chi connectivity index (χ0n) is 21.3. The minimum Gasteiger partial charge on any atom is -0.477 e. The topological polar surface area (TPSA) is 115 Å². The Morgan fingerprint density at radius 2 is 2.03 bits per heavy atom. The second kappa shape index (κ2) is 8.76. The van der Waals surface area contributed by atoms with Crippen LogP contribution in [-0.4, -0.2) is 49.2 Å². The zero-order chi connectivity index (χ0) is 25.0. The van der Waals surface area contributed by atoms with Gasteiger partial charge >= 0.3 is 0 Å². The van der Waals surface area contributed by atoms with Crippen molar-refractivity contribution in [1.82, 2.24) is 25.3 Å². The lowest BCUT2D eigenvalue weighted by Gasteiger charge is -2.58. The number of ether oxygens (including phenoxy) is 1. The Bertz CT molecular complexity index is 1100. The van der Waals surface area contributed by atoms with Crippen LogP contribution in [0.25, 0.3) is 6.20 Å². The van der Waals surface area contributed by atoms with Crippen molar-refractivity contribution in [1.29, 1.82) is 0 Å². The summed E-state index contributed by atoms with van der Waals surface area (Å²) in [5.41, 5.74) is -0.622. The monoisotopic (exact) mass is 483 g/mol. The third kappa shape index (κ3) is 4.75. The lowest BCUT2D eigenvalue weighted by atomic mass is 9.52. The molecule has 0 spiro atoms. The number of carbonyl (C=O) groups excluding carboxylic acids is 1. The number of allylic oxidation sites excluding steroid dienone is 1. The number of hydrogen-bond donors (Lipinski definition) is 2. The number of rotatable bonds is 8. The summed E-state index contributed by atoms with van der Waals surface area (Å²) < 4.78 is 13.3. The van der Waals surface area contributed by atoms with Gasteiger partial charge in [-0.2, -0.15) is 5.10 Å². The van der Waals surface area contributed by atoms with Gasteiger partial charge in [-0.1, -0.05) is 19.9 Å². The second-order valence-corrected chi connectivity index (χ2v) is 11.9. The van der Waals surface area contributed by atoms with Crippen LogP contribution in [0, 0.1) is 30.6 Å². The summed E-state index contributed by atoms with van der Waals surface area (Å²) in [4.78, 5) is 13.5. The molecule has 9 heteroatoms. The molecule has 4 bridgehead atoms. The van der Waals surface area contributed by atoms with Gasteiger partial charge in [-0.15, -0.1) is 10.2 Å². The van der Waals surface area contributed by atoms with E-state index in [0.29, 0.717) is 53.5 Å². The molecule has 9 nitrogen and oxygen atoms in total. The second-order valence-electron chi connectivity index (χ2n) is 11.9. The summed E-state index contributed by atoms with van der Waals surface area (Å²) in [6.45, 7) is 10.3. The van der Waals surface area contributed by atoms with E-state index in [9.17, 15) is 9.90 Å². The Hall–Kier alpha value is -2.68. The van der Waals surface area contributed by atoms with Crippen molar-refractivity contribution in [2.75, 3.05) is 6.61 Å². The number of aromatic nitrogens is 4. The number of nitrogens with one attached hydrogen (secondary N) is 1. The first-order chi connectivity index (χ1) is 16.5. The molecule has 2 N–H and O–H groups in total. The van der Waals surface area contributed by atoms with Crippen LogP contribution in [0.1, 0.15) is 81.9 Å². The average Bonchev–Trinajstić information content (AvgIpc) is 3.38. The van der Waals surface area contributed by atoms with Crippen molar-refractivity contribution in [2.45, 2.75) is 83.8 Å². The highest BCUT2D eigenvalue weighted by molar-refractivity contribution is 5.96. The van der Waals surface area contributed by atoms with E-state index in [0.717, 1.165) is 32.1 Å². The van der Waals surface area contributed by atoms with Crippen LogP contribution in [0.5, 0.6) is 5.88 Å². The molecule has 4 saturated carbocycles. The molecule has 4 fully saturated rings. The van der Waals surface area contributed by atoms with Gasteiger partial charge in [0.15, 0.2) is 0 Å². The van der Waals surface area contributed by atoms with Crippen LogP contribution < -0.4 is 10.1 Å². The van der Waals surface area contributed by atoms with Gasteiger partial charge in [0.1, 0.15) is 5.56 Å². The van der Waals surface area contributed by atoms with E-state index in [1.165, 1.54) is 0 Å². The van der Waals surface area contributed by atoms with E-state index in [2.05, 4.69) is 34.5 Å². The van der Waals surface area contributed by atoms with Gasteiger partial charge in [0.25, 0.3) is 5.91 Å². The molecule has 2 unspecified atom stereocenters. The molecular weight excluding hydrogens is 446 g/mol. The van der Waals surface area contributed by atoms with Crippen molar-refractivity contribution >= 4 is 12.1 Å². The predicted octanol–water partition coefficient (Wildman–Crippen LogP) is 3.73. The first-order valence-electron chi connectivity index (χ1n) is 12.8. The Morgan fingerprint density at radius 3 is 2.63 bits per heavy atom. The zero-order valence-corrected chi connectivity index (χ0v) is 21.3. The van der Waals surface area contributed by atoms with Gasteiger partial charge in [0, 0.05) is 19.2 Å². The number of amides is 1. The van der Waals surface area contributed by atoms with Crippen molar-refractivity contribution in [3.05, 3.63) is 29.6 Å². The van der Waals surface area contributed by atoms with E-state index in [1.54, 1.807) is 24.0 Å². The van der Waals surface area contributed by atoms with Gasteiger partial charge in [0.2, 0.25) is 17.7 Å². The summed E-state index contributed by atoms with van der Waals surface area (Å²) in [7, 11) is 0. The SMILES string of the molecule is Cc1nnc(C(C)(C)/C=C/n2ncc(C(=O)N[C@H]3C4CC5CC3C[C@](O)(C5)C4)c2OCC(C)C)o1. The Labute approximate surface area is 206 Å². The minimum absolute atomic E-state index is 0.0934. The van der Waals surface area contributed by atoms with E-state index in [4.69, 9.17) is 9.15 Å². The lowest BCUT2D eigenvalue weighted by molar-refractivity contribution is -0.136. The van der Waals surface area contributed by atoms with Gasteiger partial charge < -0.3 is 19.6 Å². The number of nitrogens with zero attached hydrogens (tertiary/aromatic N) is 4. The molecule has 2 aromatic rings. The summed E-state index contributed by atoms with van der Waals surface area (Å²) in [6.07, 6.45) is 9.94. The fourth-order valence-electron chi connectivity index (χ4n) is 6.33. The van der Waals surface area contributed by atoms with Crippen LogP contribution in [0.15, 0.2) is 16.7 Å². The highest BCUT2D eigenvalue weighted by Gasteiger charge is 2.55. The molecule has 0 saturated heterocycles.